The van der Waals surface area contributed by atoms with Crippen LogP contribution in [0.4, 0.5) is 15.3 Å². The number of ether oxygens (including phenoxy) is 2. The molecule has 1 saturated heterocycles. The summed E-state index contributed by atoms with van der Waals surface area (Å²) in [6.07, 6.45) is -2.29. The van der Waals surface area contributed by atoms with E-state index in [0.29, 0.717) is 5.69 Å². The maximum Gasteiger partial charge on any atom is 0.415 e. The van der Waals surface area contributed by atoms with E-state index in [1.807, 2.05) is 6.07 Å². The second-order valence-corrected chi connectivity index (χ2v) is 9.09. The van der Waals surface area contributed by atoms with Gasteiger partial charge in [-0.2, -0.15) is 0 Å². The molecular weight excluding hydrogens is 454 g/mol. The van der Waals surface area contributed by atoms with Crippen LogP contribution < -0.4 is 15.5 Å². The van der Waals surface area contributed by atoms with Crippen molar-refractivity contribution in [3.63, 3.8) is 0 Å². The number of nitrogens with zero attached hydrogens (tertiary/aromatic N) is 1. The van der Waals surface area contributed by atoms with Crippen molar-refractivity contribution in [1.29, 1.82) is 0 Å². The molecule has 3 N–H and O–H groups in total. The Labute approximate surface area is 203 Å². The van der Waals surface area contributed by atoms with Gasteiger partial charge in [0.05, 0.1) is 6.54 Å². The van der Waals surface area contributed by atoms with Gasteiger partial charge in [-0.15, -0.1) is 0 Å². The third kappa shape index (κ3) is 7.46. The number of anilines is 1. The molecule has 10 heteroatoms. The van der Waals surface area contributed by atoms with Gasteiger partial charge in [0.2, 0.25) is 0 Å². The number of carbonyl (C=O) groups excluding carboxylic acids is 3. The molecule has 3 amide bonds. The van der Waals surface area contributed by atoms with Crippen molar-refractivity contribution >= 4 is 29.8 Å². The van der Waals surface area contributed by atoms with Crippen LogP contribution in [0.3, 0.4) is 0 Å². The highest BCUT2D eigenvalue weighted by Crippen LogP contribution is 2.22. The van der Waals surface area contributed by atoms with E-state index in [4.69, 9.17) is 9.47 Å². The summed E-state index contributed by atoms with van der Waals surface area (Å²) in [5.41, 5.74) is 1.45. The van der Waals surface area contributed by atoms with E-state index < -0.39 is 41.8 Å². The summed E-state index contributed by atoms with van der Waals surface area (Å²) in [6, 6.07) is 14.6. The SMILES string of the molecule is CC(C)(C)OC(=O)NCc1ccc(N2CC(C(=O)N[C@H](Cc3ccccc3)C(=O)O)OC2=O)cc1. The molecule has 2 aromatic rings. The maximum absolute atomic E-state index is 12.6. The van der Waals surface area contributed by atoms with Crippen molar-refractivity contribution in [2.24, 2.45) is 0 Å². The Balaban J connectivity index is 1.56. The zero-order valence-electron chi connectivity index (χ0n) is 19.8. The summed E-state index contributed by atoms with van der Waals surface area (Å²) in [6.45, 7) is 5.50. The average molecular weight is 484 g/mol. The molecule has 1 heterocycles. The minimum atomic E-state index is -1.18. The first kappa shape index (κ1) is 25.5. The number of hydrogen-bond acceptors (Lipinski definition) is 6. The maximum atomic E-state index is 12.6. The number of benzene rings is 2. The van der Waals surface area contributed by atoms with Crippen molar-refractivity contribution in [3.05, 3.63) is 65.7 Å². The van der Waals surface area contributed by atoms with Gasteiger partial charge < -0.3 is 25.2 Å². The summed E-state index contributed by atoms with van der Waals surface area (Å²) >= 11 is 0. The van der Waals surface area contributed by atoms with Crippen LogP contribution in [0.1, 0.15) is 31.9 Å². The van der Waals surface area contributed by atoms with Gasteiger partial charge in [0.25, 0.3) is 5.91 Å². The fraction of sp³-hybridized carbons (Fsp3) is 0.360. The Morgan fingerprint density at radius 3 is 2.34 bits per heavy atom. The molecule has 0 spiro atoms. The molecule has 0 radical (unpaired) electrons. The van der Waals surface area contributed by atoms with E-state index >= 15 is 0 Å². The van der Waals surface area contributed by atoms with Gasteiger partial charge in [-0.3, -0.25) is 9.69 Å². The van der Waals surface area contributed by atoms with Crippen LogP contribution >= 0.6 is 0 Å². The molecular formula is C25H29N3O7. The number of carboxylic acid groups (broad SMARTS) is 1. The third-order valence-corrected chi connectivity index (χ3v) is 5.09. The first-order valence-electron chi connectivity index (χ1n) is 11.1. The Morgan fingerprint density at radius 1 is 1.09 bits per heavy atom. The molecule has 0 aromatic heterocycles. The van der Waals surface area contributed by atoms with Gasteiger partial charge in [0.1, 0.15) is 11.6 Å². The van der Waals surface area contributed by atoms with Crippen LogP contribution in [0.5, 0.6) is 0 Å². The average Bonchev–Trinajstić information content (AvgIpc) is 3.19. The molecule has 0 bridgehead atoms. The normalized spacial score (nSPS) is 16.3. The van der Waals surface area contributed by atoms with Gasteiger partial charge in [-0.25, -0.2) is 14.4 Å². The lowest BCUT2D eigenvalue weighted by Gasteiger charge is -2.19. The molecule has 1 aliphatic heterocycles. The summed E-state index contributed by atoms with van der Waals surface area (Å²) < 4.78 is 10.4. The Morgan fingerprint density at radius 2 is 1.74 bits per heavy atom. The molecule has 0 aliphatic carbocycles. The standard InChI is InChI=1S/C25H29N3O7/c1-25(2,3)35-23(32)26-14-17-9-11-18(12-10-17)28-15-20(34-24(28)33)21(29)27-19(22(30)31)13-16-7-5-4-6-8-16/h4-12,19-20H,13-15H2,1-3H3,(H,26,32)(H,27,29)(H,30,31)/t19-,20?/m1/s1. The summed E-state index contributed by atoms with van der Waals surface area (Å²) in [7, 11) is 0. The Kier molecular flexibility index (Phi) is 7.95. The van der Waals surface area contributed by atoms with E-state index in [1.165, 1.54) is 4.90 Å². The van der Waals surface area contributed by atoms with Crippen molar-refractivity contribution in [3.8, 4) is 0 Å². The number of alkyl carbamates (subject to hydrolysis) is 1. The summed E-state index contributed by atoms with van der Waals surface area (Å²) in [4.78, 5) is 49.7. The Hall–Kier alpha value is -4.08. The third-order valence-electron chi connectivity index (χ3n) is 5.09. The zero-order valence-corrected chi connectivity index (χ0v) is 19.8. The smallest absolute Gasteiger partial charge is 0.415 e. The predicted molar refractivity (Wildman–Crippen MR) is 127 cm³/mol. The van der Waals surface area contributed by atoms with Gasteiger partial charge in [-0.1, -0.05) is 42.5 Å². The highest BCUT2D eigenvalue weighted by molar-refractivity contribution is 5.96. The van der Waals surface area contributed by atoms with Crippen LogP contribution in [0.15, 0.2) is 54.6 Å². The largest absolute Gasteiger partial charge is 0.480 e. The van der Waals surface area contributed by atoms with Gasteiger partial charge >= 0.3 is 18.2 Å². The number of aliphatic carboxylic acids is 1. The van der Waals surface area contributed by atoms with Crippen LogP contribution in [0.2, 0.25) is 0 Å². The lowest BCUT2D eigenvalue weighted by atomic mass is 10.1. The van der Waals surface area contributed by atoms with E-state index in [2.05, 4.69) is 10.6 Å². The number of carboxylic acids is 1. The van der Waals surface area contributed by atoms with Crippen LogP contribution in [-0.4, -0.2) is 53.5 Å². The zero-order chi connectivity index (χ0) is 25.6. The van der Waals surface area contributed by atoms with Crippen molar-refractivity contribution < 1.29 is 33.8 Å². The number of carbonyl (C=O) groups is 4. The highest BCUT2D eigenvalue weighted by atomic mass is 16.6. The molecule has 1 aliphatic rings. The predicted octanol–water partition coefficient (Wildman–Crippen LogP) is 2.85. The molecule has 0 saturated carbocycles. The van der Waals surface area contributed by atoms with Crippen LogP contribution in [-0.2, 0) is 32.0 Å². The molecule has 2 aromatic carbocycles. The fourth-order valence-electron chi connectivity index (χ4n) is 3.41. The van der Waals surface area contributed by atoms with E-state index in [0.717, 1.165) is 11.1 Å². The number of hydrogen-bond donors (Lipinski definition) is 3. The van der Waals surface area contributed by atoms with Crippen molar-refractivity contribution in [2.75, 3.05) is 11.4 Å². The van der Waals surface area contributed by atoms with Crippen LogP contribution in [0.25, 0.3) is 0 Å². The summed E-state index contributed by atoms with van der Waals surface area (Å²) in [5, 5.41) is 14.6. The molecule has 35 heavy (non-hydrogen) atoms. The number of nitrogens with one attached hydrogen (secondary N) is 2. The minimum Gasteiger partial charge on any atom is -0.480 e. The van der Waals surface area contributed by atoms with Gasteiger partial charge in [-0.05, 0) is 44.0 Å². The fourth-order valence-corrected chi connectivity index (χ4v) is 3.41. The quantitative estimate of drug-likeness (QED) is 0.526. The topological polar surface area (TPSA) is 134 Å². The van der Waals surface area contributed by atoms with Crippen LogP contribution in [0, 0.1) is 0 Å². The first-order chi connectivity index (χ1) is 16.5. The van der Waals surface area contributed by atoms with Gasteiger partial charge in [0.15, 0.2) is 6.10 Å². The van der Waals surface area contributed by atoms with E-state index in [-0.39, 0.29) is 19.5 Å². The lowest BCUT2D eigenvalue weighted by Crippen LogP contribution is -2.47. The monoisotopic (exact) mass is 483 g/mol. The molecule has 2 atom stereocenters. The molecule has 186 valence electrons. The molecule has 10 nitrogen and oxygen atoms in total. The number of amides is 3. The Bertz CT molecular complexity index is 1060. The molecule has 1 fully saturated rings. The second-order valence-electron chi connectivity index (χ2n) is 9.09. The lowest BCUT2D eigenvalue weighted by molar-refractivity contribution is -0.142. The van der Waals surface area contributed by atoms with E-state index in [9.17, 15) is 24.3 Å². The minimum absolute atomic E-state index is 0.0577. The van der Waals surface area contributed by atoms with Gasteiger partial charge in [0, 0.05) is 18.7 Å². The summed E-state index contributed by atoms with van der Waals surface area (Å²) in [5.74, 6) is -1.86. The van der Waals surface area contributed by atoms with Crippen molar-refractivity contribution in [2.45, 2.75) is 51.5 Å². The number of rotatable bonds is 8. The second kappa shape index (κ2) is 10.9. The highest BCUT2D eigenvalue weighted by Gasteiger charge is 2.38. The number of cyclic esters (lactones) is 1. The molecule has 3 rings (SSSR count). The van der Waals surface area contributed by atoms with Crippen molar-refractivity contribution in [1.82, 2.24) is 10.6 Å². The van der Waals surface area contributed by atoms with E-state index in [1.54, 1.807) is 69.3 Å². The first-order valence-corrected chi connectivity index (χ1v) is 11.1. The molecule has 1 unspecified atom stereocenters.